The topological polar surface area (TPSA) is 40.5 Å². The molecule has 0 fully saturated rings. The maximum atomic E-state index is 4.42. The number of nitrogens with one attached hydrogen (secondary N) is 1. The third-order valence-electron chi connectivity index (χ3n) is 3.65. The zero-order chi connectivity index (χ0) is 14.7. The number of benzene rings is 1. The van der Waals surface area contributed by atoms with Gasteiger partial charge in [0.25, 0.3) is 0 Å². The molecule has 110 valence electrons. The number of aliphatic imine (C=N–C) groups is 1. The van der Waals surface area contributed by atoms with Gasteiger partial charge in [-0.2, -0.15) is 0 Å². The number of rotatable bonds is 3. The van der Waals surface area contributed by atoms with Crippen LogP contribution in [0.15, 0.2) is 35.5 Å². The molecular weight excluding hydrogens is 280 g/mol. The normalized spacial score (nSPS) is 14.4. The van der Waals surface area contributed by atoms with Crippen LogP contribution in [0.2, 0.25) is 0 Å². The van der Waals surface area contributed by atoms with E-state index in [1.807, 2.05) is 13.2 Å². The molecule has 2 heterocycles. The van der Waals surface area contributed by atoms with Crippen LogP contribution in [0.1, 0.15) is 15.4 Å². The van der Waals surface area contributed by atoms with Crippen LogP contribution in [0.4, 0.5) is 5.69 Å². The summed E-state index contributed by atoms with van der Waals surface area (Å²) in [5, 5.41) is 4.63. The van der Waals surface area contributed by atoms with E-state index in [0.717, 1.165) is 31.9 Å². The Balaban J connectivity index is 1.62. The van der Waals surface area contributed by atoms with Crippen molar-refractivity contribution in [2.24, 2.45) is 4.99 Å². The van der Waals surface area contributed by atoms with E-state index in [1.54, 1.807) is 11.3 Å². The van der Waals surface area contributed by atoms with Gasteiger partial charge in [0.15, 0.2) is 5.96 Å². The number of aryl methyl sites for hydroxylation is 1. The molecule has 21 heavy (non-hydrogen) atoms. The monoisotopic (exact) mass is 300 g/mol. The van der Waals surface area contributed by atoms with Crippen molar-refractivity contribution in [2.75, 3.05) is 25.0 Å². The molecule has 1 aliphatic rings. The highest BCUT2D eigenvalue weighted by Gasteiger charge is 2.22. The molecule has 0 saturated carbocycles. The highest BCUT2D eigenvalue weighted by molar-refractivity contribution is 7.11. The molecule has 2 aromatic rings. The zero-order valence-corrected chi connectivity index (χ0v) is 13.3. The van der Waals surface area contributed by atoms with E-state index < -0.39 is 0 Å². The average molecular weight is 300 g/mol. The van der Waals surface area contributed by atoms with Crippen molar-refractivity contribution in [1.29, 1.82) is 0 Å². The summed E-state index contributed by atoms with van der Waals surface area (Å²) in [7, 11) is 1.84. The van der Waals surface area contributed by atoms with Crippen molar-refractivity contribution in [3.05, 3.63) is 45.9 Å². The molecule has 4 nitrogen and oxygen atoms in total. The fraction of sp³-hybridized carbons (Fsp3) is 0.375. The maximum absolute atomic E-state index is 4.42. The predicted octanol–water partition coefficient (Wildman–Crippen LogP) is 2.63. The van der Waals surface area contributed by atoms with Gasteiger partial charge in [-0.05, 0) is 25.0 Å². The Morgan fingerprint density at radius 1 is 1.43 bits per heavy atom. The molecule has 0 saturated heterocycles. The standard InChI is InChI=1S/C16H20N4S/c1-12-11-19-15(21-12)7-9-18-16(17-2)20-10-8-13-5-3-4-6-14(13)20/h3-6,11H,7-10H2,1-2H3,(H,17,18). The minimum atomic E-state index is 0.859. The predicted molar refractivity (Wildman–Crippen MR) is 89.4 cm³/mol. The van der Waals surface area contributed by atoms with Gasteiger partial charge < -0.3 is 10.2 Å². The zero-order valence-electron chi connectivity index (χ0n) is 12.5. The first kappa shape index (κ1) is 14.1. The summed E-state index contributed by atoms with van der Waals surface area (Å²) in [6.07, 6.45) is 3.96. The molecule has 1 N–H and O–H groups in total. The van der Waals surface area contributed by atoms with Gasteiger partial charge in [-0.25, -0.2) is 4.98 Å². The van der Waals surface area contributed by atoms with Gasteiger partial charge in [0.1, 0.15) is 0 Å². The number of aromatic nitrogens is 1. The molecule has 1 aromatic carbocycles. The molecular formula is C16H20N4S. The first-order valence-electron chi connectivity index (χ1n) is 7.25. The Morgan fingerprint density at radius 3 is 3.05 bits per heavy atom. The second-order valence-electron chi connectivity index (χ2n) is 5.12. The van der Waals surface area contributed by atoms with Gasteiger partial charge >= 0.3 is 0 Å². The summed E-state index contributed by atoms with van der Waals surface area (Å²) < 4.78 is 0. The molecule has 0 bridgehead atoms. The lowest BCUT2D eigenvalue weighted by molar-refractivity contribution is 0.831. The molecule has 0 aliphatic carbocycles. The van der Waals surface area contributed by atoms with Crippen molar-refractivity contribution in [2.45, 2.75) is 19.8 Å². The van der Waals surface area contributed by atoms with Crippen LogP contribution in [0.5, 0.6) is 0 Å². The molecule has 1 aliphatic heterocycles. The van der Waals surface area contributed by atoms with Crippen molar-refractivity contribution < 1.29 is 0 Å². The third-order valence-corrected chi connectivity index (χ3v) is 4.62. The minimum Gasteiger partial charge on any atom is -0.356 e. The number of nitrogens with zero attached hydrogens (tertiary/aromatic N) is 3. The van der Waals surface area contributed by atoms with E-state index in [4.69, 9.17) is 0 Å². The van der Waals surface area contributed by atoms with Crippen molar-refractivity contribution in [3.8, 4) is 0 Å². The lowest BCUT2D eigenvalue weighted by Crippen LogP contribution is -2.41. The van der Waals surface area contributed by atoms with Crippen LogP contribution in [0.3, 0.4) is 0 Å². The van der Waals surface area contributed by atoms with E-state index in [-0.39, 0.29) is 0 Å². The summed E-state index contributed by atoms with van der Waals surface area (Å²) in [5.74, 6) is 0.952. The van der Waals surface area contributed by atoms with Gasteiger partial charge in [0.2, 0.25) is 0 Å². The lowest BCUT2D eigenvalue weighted by atomic mass is 10.2. The van der Waals surface area contributed by atoms with E-state index in [9.17, 15) is 0 Å². The van der Waals surface area contributed by atoms with Gasteiger partial charge in [0, 0.05) is 43.3 Å². The van der Waals surface area contributed by atoms with E-state index in [2.05, 4.69) is 51.4 Å². The molecule has 0 unspecified atom stereocenters. The van der Waals surface area contributed by atoms with Crippen LogP contribution < -0.4 is 10.2 Å². The van der Waals surface area contributed by atoms with Crippen molar-refractivity contribution in [3.63, 3.8) is 0 Å². The van der Waals surface area contributed by atoms with E-state index in [1.165, 1.54) is 21.1 Å². The quantitative estimate of drug-likeness (QED) is 0.700. The van der Waals surface area contributed by atoms with Gasteiger partial charge in [-0.3, -0.25) is 4.99 Å². The molecule has 1 aromatic heterocycles. The van der Waals surface area contributed by atoms with Gasteiger partial charge in [0.05, 0.1) is 5.01 Å². The Hall–Kier alpha value is -1.88. The van der Waals surface area contributed by atoms with Crippen LogP contribution in [0.25, 0.3) is 0 Å². The first-order chi connectivity index (χ1) is 10.3. The van der Waals surface area contributed by atoms with Crippen LogP contribution >= 0.6 is 11.3 Å². The molecule has 0 radical (unpaired) electrons. The number of fused-ring (bicyclic) bond motifs is 1. The van der Waals surface area contributed by atoms with Crippen molar-refractivity contribution >= 4 is 23.0 Å². The molecule has 0 atom stereocenters. The van der Waals surface area contributed by atoms with Gasteiger partial charge in [-0.1, -0.05) is 18.2 Å². The van der Waals surface area contributed by atoms with E-state index in [0.29, 0.717) is 0 Å². The summed E-state index contributed by atoms with van der Waals surface area (Å²) in [6.45, 7) is 3.95. The Bertz CT molecular complexity index is 647. The average Bonchev–Trinajstić information content (AvgIpc) is 3.10. The molecule has 5 heteroatoms. The molecule has 3 rings (SSSR count). The van der Waals surface area contributed by atoms with Crippen LogP contribution in [-0.4, -0.2) is 31.1 Å². The van der Waals surface area contributed by atoms with Crippen LogP contribution in [-0.2, 0) is 12.8 Å². The second-order valence-corrected chi connectivity index (χ2v) is 6.44. The van der Waals surface area contributed by atoms with Gasteiger partial charge in [-0.15, -0.1) is 11.3 Å². The maximum Gasteiger partial charge on any atom is 0.198 e. The first-order valence-corrected chi connectivity index (χ1v) is 8.07. The highest BCUT2D eigenvalue weighted by atomic mass is 32.1. The number of hydrogen-bond donors (Lipinski definition) is 1. The summed E-state index contributed by atoms with van der Waals surface area (Å²) in [4.78, 5) is 12.3. The number of guanidine groups is 1. The number of para-hydroxylation sites is 1. The Labute approximate surface area is 129 Å². The lowest BCUT2D eigenvalue weighted by Gasteiger charge is -2.22. The fourth-order valence-electron chi connectivity index (χ4n) is 2.65. The molecule has 0 spiro atoms. The Kier molecular flexibility index (Phi) is 4.20. The van der Waals surface area contributed by atoms with Crippen molar-refractivity contribution in [1.82, 2.24) is 10.3 Å². The second kappa shape index (κ2) is 6.26. The largest absolute Gasteiger partial charge is 0.356 e. The summed E-state index contributed by atoms with van der Waals surface area (Å²) >= 11 is 1.76. The highest BCUT2D eigenvalue weighted by Crippen LogP contribution is 2.27. The minimum absolute atomic E-state index is 0.859. The number of hydrogen-bond acceptors (Lipinski definition) is 3. The summed E-state index contributed by atoms with van der Waals surface area (Å²) in [6, 6.07) is 8.55. The smallest absolute Gasteiger partial charge is 0.198 e. The third kappa shape index (κ3) is 3.08. The number of thiazole rings is 1. The van der Waals surface area contributed by atoms with E-state index >= 15 is 0 Å². The molecule has 0 amide bonds. The SMILES string of the molecule is CN=C(NCCc1ncc(C)s1)N1CCc2ccccc21. The summed E-state index contributed by atoms with van der Waals surface area (Å²) in [5.41, 5.74) is 2.67. The number of anilines is 1. The Morgan fingerprint density at radius 2 is 2.29 bits per heavy atom. The fourth-order valence-corrected chi connectivity index (χ4v) is 3.44. The van der Waals surface area contributed by atoms with Crippen LogP contribution in [0, 0.1) is 6.92 Å².